The highest BCUT2D eigenvalue weighted by Gasteiger charge is 2.32. The normalized spacial score (nSPS) is 19.7. The number of para-hydroxylation sites is 1. The lowest BCUT2D eigenvalue weighted by molar-refractivity contribution is 0.580. The van der Waals surface area contributed by atoms with E-state index < -0.39 is 10.0 Å². The average Bonchev–Trinajstić information content (AvgIpc) is 2.36. The Kier molecular flexibility index (Phi) is 4.22. The van der Waals surface area contributed by atoms with Gasteiger partial charge in [-0.25, -0.2) is 8.42 Å². The van der Waals surface area contributed by atoms with Crippen LogP contribution in [0.3, 0.4) is 0 Å². The predicted octanol–water partition coefficient (Wildman–Crippen LogP) is 3.12. The molecule has 0 aromatic heterocycles. The summed E-state index contributed by atoms with van der Waals surface area (Å²) in [6.07, 6.45) is 1.62. The van der Waals surface area contributed by atoms with Crippen LogP contribution in [0.5, 0.6) is 0 Å². The van der Waals surface area contributed by atoms with E-state index in [9.17, 15) is 8.42 Å². The SMILES string of the molecule is CCCCS(=O)(=O)N1c2ccccc2SCC1C. The van der Waals surface area contributed by atoms with Crippen molar-refractivity contribution in [3.05, 3.63) is 24.3 Å². The van der Waals surface area contributed by atoms with Crippen molar-refractivity contribution in [2.45, 2.75) is 37.6 Å². The maximum atomic E-state index is 12.4. The van der Waals surface area contributed by atoms with Gasteiger partial charge in [0.25, 0.3) is 0 Å². The Balaban J connectivity index is 2.37. The van der Waals surface area contributed by atoms with Gasteiger partial charge in [0.1, 0.15) is 0 Å². The van der Waals surface area contributed by atoms with Crippen molar-refractivity contribution in [1.82, 2.24) is 0 Å². The summed E-state index contributed by atoms with van der Waals surface area (Å²) in [5, 5.41) is 0. The summed E-state index contributed by atoms with van der Waals surface area (Å²) in [5.74, 6) is 1.06. The van der Waals surface area contributed by atoms with E-state index in [1.165, 1.54) is 0 Å². The van der Waals surface area contributed by atoms with E-state index in [1.54, 1.807) is 16.1 Å². The molecule has 0 saturated carbocycles. The molecule has 5 heteroatoms. The molecule has 0 N–H and O–H groups in total. The van der Waals surface area contributed by atoms with E-state index in [0.717, 1.165) is 29.2 Å². The fourth-order valence-corrected chi connectivity index (χ4v) is 5.27. The molecule has 1 aliphatic rings. The molecule has 1 aliphatic heterocycles. The molecule has 1 atom stereocenters. The zero-order chi connectivity index (χ0) is 13.2. The molecule has 0 saturated heterocycles. The van der Waals surface area contributed by atoms with E-state index >= 15 is 0 Å². The van der Waals surface area contributed by atoms with Gasteiger partial charge in [-0.05, 0) is 25.5 Å². The Hall–Kier alpha value is -0.680. The van der Waals surface area contributed by atoms with E-state index in [-0.39, 0.29) is 11.8 Å². The Labute approximate surface area is 114 Å². The first-order chi connectivity index (χ1) is 8.56. The zero-order valence-electron chi connectivity index (χ0n) is 10.8. The lowest BCUT2D eigenvalue weighted by Gasteiger charge is -2.35. The number of rotatable bonds is 4. The molecular weight excluding hydrogens is 266 g/mol. The van der Waals surface area contributed by atoms with Crippen molar-refractivity contribution in [2.24, 2.45) is 0 Å². The maximum Gasteiger partial charge on any atom is 0.235 e. The van der Waals surface area contributed by atoms with Gasteiger partial charge in [-0.3, -0.25) is 4.31 Å². The molecule has 1 heterocycles. The predicted molar refractivity (Wildman–Crippen MR) is 77.8 cm³/mol. The second-order valence-corrected chi connectivity index (χ2v) is 7.62. The van der Waals surface area contributed by atoms with Gasteiger partial charge in [0.05, 0.1) is 17.5 Å². The van der Waals surface area contributed by atoms with Crippen LogP contribution in [0.4, 0.5) is 5.69 Å². The highest BCUT2D eigenvalue weighted by atomic mass is 32.2. The van der Waals surface area contributed by atoms with Gasteiger partial charge in [0.15, 0.2) is 0 Å². The molecule has 3 nitrogen and oxygen atoms in total. The molecule has 0 spiro atoms. The number of hydrogen-bond acceptors (Lipinski definition) is 3. The molecule has 1 aromatic rings. The fraction of sp³-hybridized carbons (Fsp3) is 0.538. The number of unbranched alkanes of at least 4 members (excludes halogenated alkanes) is 1. The van der Waals surface area contributed by atoms with Crippen LogP contribution in [-0.4, -0.2) is 26.0 Å². The first-order valence-corrected chi connectivity index (χ1v) is 8.89. The topological polar surface area (TPSA) is 37.4 Å². The van der Waals surface area contributed by atoms with Crippen molar-refractivity contribution in [2.75, 3.05) is 15.8 Å². The smallest absolute Gasteiger partial charge is 0.235 e. The van der Waals surface area contributed by atoms with Crippen LogP contribution in [0.25, 0.3) is 0 Å². The molecule has 100 valence electrons. The van der Waals surface area contributed by atoms with Crippen molar-refractivity contribution in [3.8, 4) is 0 Å². The van der Waals surface area contributed by atoms with Crippen molar-refractivity contribution in [3.63, 3.8) is 0 Å². The highest BCUT2D eigenvalue weighted by molar-refractivity contribution is 8.00. The van der Waals surface area contributed by atoms with E-state index in [1.807, 2.05) is 38.1 Å². The average molecular weight is 285 g/mol. The highest BCUT2D eigenvalue weighted by Crippen LogP contribution is 2.38. The van der Waals surface area contributed by atoms with Gasteiger partial charge in [0.2, 0.25) is 10.0 Å². The largest absolute Gasteiger partial charge is 0.265 e. The molecule has 0 aliphatic carbocycles. The minimum absolute atomic E-state index is 0.0340. The van der Waals surface area contributed by atoms with Crippen LogP contribution >= 0.6 is 11.8 Å². The Morgan fingerprint density at radius 2 is 2.11 bits per heavy atom. The third kappa shape index (κ3) is 2.67. The summed E-state index contributed by atoms with van der Waals surface area (Å²) >= 11 is 1.73. The number of nitrogens with zero attached hydrogens (tertiary/aromatic N) is 1. The summed E-state index contributed by atoms with van der Waals surface area (Å²) in [4.78, 5) is 1.07. The molecule has 0 radical (unpaired) electrons. The second kappa shape index (κ2) is 5.53. The molecule has 18 heavy (non-hydrogen) atoms. The van der Waals surface area contributed by atoms with Crippen LogP contribution in [0.2, 0.25) is 0 Å². The third-order valence-corrected chi connectivity index (χ3v) is 6.30. The van der Waals surface area contributed by atoms with E-state index in [0.29, 0.717) is 0 Å². The maximum absolute atomic E-state index is 12.4. The quantitative estimate of drug-likeness (QED) is 0.853. The summed E-state index contributed by atoms with van der Waals surface area (Å²) < 4.78 is 26.5. The fourth-order valence-electron chi connectivity index (χ4n) is 2.13. The molecule has 1 aromatic carbocycles. The lowest BCUT2D eigenvalue weighted by atomic mass is 10.3. The Morgan fingerprint density at radius 1 is 1.39 bits per heavy atom. The van der Waals surface area contributed by atoms with Crippen molar-refractivity contribution in [1.29, 1.82) is 0 Å². The van der Waals surface area contributed by atoms with Gasteiger partial charge in [0, 0.05) is 10.6 Å². The number of hydrogen-bond donors (Lipinski definition) is 0. The lowest BCUT2D eigenvalue weighted by Crippen LogP contribution is -2.43. The van der Waals surface area contributed by atoms with E-state index in [4.69, 9.17) is 0 Å². The van der Waals surface area contributed by atoms with Crippen LogP contribution in [0.15, 0.2) is 29.2 Å². The molecule has 2 rings (SSSR count). The number of anilines is 1. The van der Waals surface area contributed by atoms with Crippen LogP contribution in [0, 0.1) is 0 Å². The van der Waals surface area contributed by atoms with Crippen molar-refractivity contribution >= 4 is 27.5 Å². The molecular formula is C13H19NO2S2. The minimum atomic E-state index is -3.19. The van der Waals surface area contributed by atoms with Gasteiger partial charge < -0.3 is 0 Å². The molecule has 0 bridgehead atoms. The summed E-state index contributed by atoms with van der Waals surface area (Å²) in [6, 6.07) is 7.79. The number of fused-ring (bicyclic) bond motifs is 1. The standard InChI is InChI=1S/C13H19NO2S2/c1-3-4-9-18(15,16)14-11(2)10-17-13-8-6-5-7-12(13)14/h5-8,11H,3-4,9-10H2,1-2H3. The zero-order valence-corrected chi connectivity index (χ0v) is 12.4. The monoisotopic (exact) mass is 285 g/mol. The third-order valence-electron chi connectivity index (χ3n) is 3.04. The van der Waals surface area contributed by atoms with Gasteiger partial charge in [-0.1, -0.05) is 25.5 Å². The first kappa shape index (κ1) is 13.7. The van der Waals surface area contributed by atoms with E-state index in [2.05, 4.69) is 0 Å². The molecule has 0 fully saturated rings. The van der Waals surface area contributed by atoms with Crippen LogP contribution in [0.1, 0.15) is 26.7 Å². The molecule has 0 amide bonds. The number of thioether (sulfide) groups is 1. The van der Waals surface area contributed by atoms with Gasteiger partial charge in [-0.2, -0.15) is 0 Å². The minimum Gasteiger partial charge on any atom is -0.265 e. The summed E-state index contributed by atoms with van der Waals surface area (Å²) in [7, 11) is -3.19. The second-order valence-electron chi connectivity index (χ2n) is 4.59. The Bertz CT molecular complexity index is 513. The number of benzene rings is 1. The number of sulfonamides is 1. The van der Waals surface area contributed by atoms with Crippen LogP contribution < -0.4 is 4.31 Å². The Morgan fingerprint density at radius 3 is 2.83 bits per heavy atom. The molecule has 1 unspecified atom stereocenters. The summed E-state index contributed by atoms with van der Waals surface area (Å²) in [5.41, 5.74) is 0.845. The summed E-state index contributed by atoms with van der Waals surface area (Å²) in [6.45, 7) is 3.99. The van der Waals surface area contributed by atoms with Gasteiger partial charge in [-0.15, -0.1) is 11.8 Å². The van der Waals surface area contributed by atoms with Crippen molar-refractivity contribution < 1.29 is 8.42 Å². The van der Waals surface area contributed by atoms with Gasteiger partial charge >= 0.3 is 0 Å². The first-order valence-electron chi connectivity index (χ1n) is 6.30. The van der Waals surface area contributed by atoms with Crippen LogP contribution in [-0.2, 0) is 10.0 Å².